The molecule has 3 heterocycles. The van der Waals surface area contributed by atoms with E-state index in [1.807, 2.05) is 24.3 Å². The van der Waals surface area contributed by atoms with Gasteiger partial charge in [0.2, 0.25) is 0 Å². The number of benzene rings is 1. The van der Waals surface area contributed by atoms with Crippen molar-refractivity contribution in [3.63, 3.8) is 0 Å². The molecule has 0 saturated carbocycles. The lowest BCUT2D eigenvalue weighted by atomic mass is 10.1. The summed E-state index contributed by atoms with van der Waals surface area (Å²) >= 11 is 0. The van der Waals surface area contributed by atoms with Gasteiger partial charge in [0.25, 0.3) is 0 Å². The Morgan fingerprint density at radius 2 is 1.96 bits per heavy atom. The van der Waals surface area contributed by atoms with E-state index in [4.69, 9.17) is 4.74 Å². The Morgan fingerprint density at radius 1 is 1.08 bits per heavy atom. The van der Waals surface area contributed by atoms with Gasteiger partial charge in [-0.25, -0.2) is 0 Å². The van der Waals surface area contributed by atoms with Crippen LogP contribution in [0.3, 0.4) is 0 Å². The van der Waals surface area contributed by atoms with Crippen LogP contribution < -0.4 is 4.74 Å². The highest BCUT2D eigenvalue weighted by atomic mass is 16.5. The lowest BCUT2D eigenvalue weighted by Crippen LogP contribution is -2.34. The summed E-state index contributed by atoms with van der Waals surface area (Å²) in [6, 6.07) is 12.0. The zero-order valence-corrected chi connectivity index (χ0v) is 15.2. The number of rotatable bonds is 5. The fraction of sp³-hybridized carbons (Fsp3) is 0.350. The maximum absolute atomic E-state index is 6.03. The molecule has 0 radical (unpaired) electrons. The van der Waals surface area contributed by atoms with E-state index in [0.717, 1.165) is 54.9 Å². The van der Waals surface area contributed by atoms with Crippen LogP contribution in [-0.2, 0) is 19.6 Å². The van der Waals surface area contributed by atoms with Crippen LogP contribution in [0, 0.1) is 0 Å². The number of para-hydroxylation sites is 1. The highest BCUT2D eigenvalue weighted by Crippen LogP contribution is 2.27. The lowest BCUT2D eigenvalue weighted by Gasteiger charge is -2.28. The van der Waals surface area contributed by atoms with Crippen molar-refractivity contribution in [3.05, 3.63) is 66.0 Å². The van der Waals surface area contributed by atoms with Crippen LogP contribution in [0.15, 0.2) is 48.8 Å². The Balaban J connectivity index is 1.50. The summed E-state index contributed by atoms with van der Waals surface area (Å²) in [5.41, 5.74) is 1.16. The molecule has 0 N–H and O–H groups in total. The van der Waals surface area contributed by atoms with Gasteiger partial charge >= 0.3 is 0 Å². The quantitative estimate of drug-likeness (QED) is 0.704. The Hall–Kier alpha value is -2.73. The molecule has 4 rings (SSSR count). The van der Waals surface area contributed by atoms with E-state index in [2.05, 4.69) is 50.6 Å². The smallest absolute Gasteiger partial charge is 0.147 e. The molecule has 0 saturated heterocycles. The topological polar surface area (TPSA) is 56.1 Å². The van der Waals surface area contributed by atoms with Crippen molar-refractivity contribution in [1.82, 2.24) is 24.6 Å². The molecule has 0 amide bonds. The van der Waals surface area contributed by atoms with Gasteiger partial charge in [0.1, 0.15) is 23.1 Å². The molecule has 1 aromatic carbocycles. The first-order valence-corrected chi connectivity index (χ1v) is 9.01. The second-order valence-electron chi connectivity index (χ2n) is 6.89. The average Bonchev–Trinajstić information content (AvgIpc) is 3.08. The standard InChI is InChI=1S/C20H23N5O/c1-15(2)20-23-22-19-14-24(10-11-25(19)20)13-16-6-3-4-8-18(16)26-17-7-5-9-21-12-17/h3-9,12,15H,10-11,13-14H2,1-2H3. The lowest BCUT2D eigenvalue weighted by molar-refractivity contribution is 0.205. The number of nitrogens with zero attached hydrogens (tertiary/aromatic N) is 5. The van der Waals surface area contributed by atoms with E-state index in [1.165, 1.54) is 0 Å². The van der Waals surface area contributed by atoms with Crippen molar-refractivity contribution in [1.29, 1.82) is 0 Å². The number of hydrogen-bond donors (Lipinski definition) is 0. The summed E-state index contributed by atoms with van der Waals surface area (Å²) in [5.74, 6) is 4.15. The van der Waals surface area contributed by atoms with Gasteiger partial charge in [-0.1, -0.05) is 32.0 Å². The van der Waals surface area contributed by atoms with Crippen LogP contribution in [-0.4, -0.2) is 31.2 Å². The predicted molar refractivity (Wildman–Crippen MR) is 99.0 cm³/mol. The molecule has 134 valence electrons. The molecule has 6 heteroatoms. The second kappa shape index (κ2) is 7.25. The van der Waals surface area contributed by atoms with Crippen LogP contribution in [0.4, 0.5) is 0 Å². The maximum atomic E-state index is 6.03. The van der Waals surface area contributed by atoms with E-state index < -0.39 is 0 Å². The van der Waals surface area contributed by atoms with Crippen LogP contribution >= 0.6 is 0 Å². The molecule has 26 heavy (non-hydrogen) atoms. The summed E-state index contributed by atoms with van der Waals surface area (Å²) in [4.78, 5) is 6.50. The molecule has 2 aromatic heterocycles. The number of aromatic nitrogens is 4. The summed E-state index contributed by atoms with van der Waals surface area (Å²) in [5, 5.41) is 8.76. The highest BCUT2D eigenvalue weighted by molar-refractivity contribution is 5.37. The van der Waals surface area contributed by atoms with Crippen molar-refractivity contribution < 1.29 is 4.74 Å². The van der Waals surface area contributed by atoms with E-state index >= 15 is 0 Å². The van der Waals surface area contributed by atoms with Gasteiger partial charge in [-0.15, -0.1) is 10.2 Å². The minimum Gasteiger partial charge on any atom is -0.455 e. The fourth-order valence-corrected chi connectivity index (χ4v) is 3.30. The largest absolute Gasteiger partial charge is 0.455 e. The minimum absolute atomic E-state index is 0.399. The third-order valence-corrected chi connectivity index (χ3v) is 4.61. The zero-order valence-electron chi connectivity index (χ0n) is 15.2. The minimum atomic E-state index is 0.399. The average molecular weight is 349 g/mol. The number of pyridine rings is 1. The van der Waals surface area contributed by atoms with Gasteiger partial charge in [-0.05, 0) is 18.2 Å². The van der Waals surface area contributed by atoms with Crippen molar-refractivity contribution in [2.45, 2.75) is 39.4 Å². The van der Waals surface area contributed by atoms with E-state index in [1.54, 1.807) is 12.4 Å². The van der Waals surface area contributed by atoms with Gasteiger partial charge in [-0.3, -0.25) is 9.88 Å². The molecule has 0 aliphatic carbocycles. The van der Waals surface area contributed by atoms with Crippen LogP contribution in [0.2, 0.25) is 0 Å². The van der Waals surface area contributed by atoms with Gasteiger partial charge in [0.05, 0.1) is 12.7 Å². The highest BCUT2D eigenvalue weighted by Gasteiger charge is 2.23. The number of ether oxygens (including phenoxy) is 1. The van der Waals surface area contributed by atoms with Crippen molar-refractivity contribution in [3.8, 4) is 11.5 Å². The molecule has 1 aliphatic heterocycles. The van der Waals surface area contributed by atoms with Gasteiger partial charge < -0.3 is 9.30 Å². The summed E-state index contributed by atoms with van der Waals surface area (Å²) < 4.78 is 8.30. The third kappa shape index (κ3) is 3.46. The molecule has 3 aromatic rings. The van der Waals surface area contributed by atoms with Crippen molar-refractivity contribution >= 4 is 0 Å². The summed E-state index contributed by atoms with van der Waals surface area (Å²) in [6.45, 7) is 7.86. The van der Waals surface area contributed by atoms with Crippen LogP contribution in [0.1, 0.15) is 37.0 Å². The number of hydrogen-bond acceptors (Lipinski definition) is 5. The van der Waals surface area contributed by atoms with Crippen LogP contribution in [0.5, 0.6) is 11.5 Å². The Morgan fingerprint density at radius 3 is 2.77 bits per heavy atom. The molecule has 6 nitrogen and oxygen atoms in total. The molecule has 0 spiro atoms. The number of fused-ring (bicyclic) bond motifs is 1. The maximum Gasteiger partial charge on any atom is 0.147 e. The first-order chi connectivity index (χ1) is 12.7. The Labute approximate surface area is 153 Å². The normalized spacial score (nSPS) is 14.4. The van der Waals surface area contributed by atoms with Gasteiger partial charge in [-0.2, -0.15) is 0 Å². The molecular weight excluding hydrogens is 326 g/mol. The third-order valence-electron chi connectivity index (χ3n) is 4.61. The van der Waals surface area contributed by atoms with Gasteiger partial charge in [0, 0.05) is 37.3 Å². The van der Waals surface area contributed by atoms with Crippen molar-refractivity contribution in [2.75, 3.05) is 6.54 Å². The van der Waals surface area contributed by atoms with Gasteiger partial charge in [0.15, 0.2) is 0 Å². The SMILES string of the molecule is CC(C)c1nnc2n1CCN(Cc1ccccc1Oc1cccnc1)C2. The van der Waals surface area contributed by atoms with E-state index in [9.17, 15) is 0 Å². The molecule has 0 unspecified atom stereocenters. The Bertz CT molecular complexity index is 875. The first-order valence-electron chi connectivity index (χ1n) is 9.01. The molecule has 0 fully saturated rings. The van der Waals surface area contributed by atoms with Crippen molar-refractivity contribution in [2.24, 2.45) is 0 Å². The second-order valence-corrected chi connectivity index (χ2v) is 6.89. The van der Waals surface area contributed by atoms with E-state index in [-0.39, 0.29) is 0 Å². The first kappa shape index (κ1) is 16.7. The Kier molecular flexibility index (Phi) is 4.67. The van der Waals surface area contributed by atoms with Crippen LogP contribution in [0.25, 0.3) is 0 Å². The summed E-state index contributed by atoms with van der Waals surface area (Å²) in [6.07, 6.45) is 3.47. The molecule has 1 aliphatic rings. The molecule has 0 atom stereocenters. The fourth-order valence-electron chi connectivity index (χ4n) is 3.30. The summed E-state index contributed by atoms with van der Waals surface area (Å²) in [7, 11) is 0. The molecule has 0 bridgehead atoms. The van der Waals surface area contributed by atoms with E-state index in [0.29, 0.717) is 5.92 Å². The molecular formula is C20H23N5O. The predicted octanol–water partition coefficient (Wildman–Crippen LogP) is 3.60. The zero-order chi connectivity index (χ0) is 17.9. The monoisotopic (exact) mass is 349 g/mol.